The van der Waals surface area contributed by atoms with Crippen LogP contribution in [0, 0.1) is 11.6 Å². The molecule has 1 aliphatic rings. The zero-order chi connectivity index (χ0) is 31.1. The zero-order valence-corrected chi connectivity index (χ0v) is 24.6. The number of ether oxygens (including phenoxy) is 1. The van der Waals surface area contributed by atoms with Crippen molar-refractivity contribution in [1.82, 2.24) is 14.8 Å². The molecule has 10 nitrogen and oxygen atoms in total. The van der Waals surface area contributed by atoms with Crippen LogP contribution >= 0.6 is 0 Å². The number of likely N-dealkylation sites (tertiary alicyclic amines) is 1. The molecule has 4 rings (SSSR count). The number of pyridine rings is 1. The molecule has 1 aromatic heterocycles. The lowest BCUT2D eigenvalue weighted by molar-refractivity contribution is 0.0996. The maximum Gasteiger partial charge on any atom is 0.322 e. The maximum absolute atomic E-state index is 14.4. The number of benzene rings is 2. The topological polar surface area (TPSA) is 135 Å². The fourth-order valence-corrected chi connectivity index (χ4v) is 5.36. The number of carbonyl (C=O) groups excluding carboxylic acids is 2. The van der Waals surface area contributed by atoms with E-state index in [2.05, 4.69) is 15.2 Å². The number of anilines is 1. The molecule has 3 N–H and O–H groups in total. The molecular weight excluding hydrogens is 580 g/mol. The normalized spacial score (nSPS) is 14.5. The van der Waals surface area contributed by atoms with Crippen molar-refractivity contribution in [2.45, 2.75) is 37.2 Å². The smallest absolute Gasteiger partial charge is 0.322 e. The van der Waals surface area contributed by atoms with E-state index in [0.717, 1.165) is 17.9 Å². The molecule has 0 radical (unpaired) electrons. The molecule has 3 amide bonds. The first-order chi connectivity index (χ1) is 20.4. The number of nitrogens with two attached hydrogens (primary N) is 1. The minimum Gasteiger partial charge on any atom is -0.439 e. The molecule has 13 heteroatoms. The van der Waals surface area contributed by atoms with Crippen molar-refractivity contribution in [2.75, 3.05) is 31.2 Å². The van der Waals surface area contributed by atoms with Gasteiger partial charge in [-0.25, -0.2) is 27.0 Å². The Labute approximate surface area is 249 Å². The molecule has 1 fully saturated rings. The number of amides is 3. The predicted octanol–water partition coefficient (Wildman–Crippen LogP) is 4.73. The number of nitrogens with zero attached hydrogens (tertiary/aromatic N) is 3. The standard InChI is InChI=1S/C30H33F2N5O5S/c1-3-4-13-37(30(39)35-27-16-24(29(33)38)25(31)17-26(27)32)21-11-14-36(15-12-21)19-20-5-10-28(34-18-20)42-22-6-8-23(9-7-22)43(2,40)41/h3-10,16-18,21H,11-15,19H2,1-2H3,(H2,33,38)(H,35,39)/b4-3+. The number of aromatic nitrogens is 1. The van der Waals surface area contributed by atoms with E-state index in [-0.39, 0.29) is 16.6 Å². The summed E-state index contributed by atoms with van der Waals surface area (Å²) >= 11 is 0. The number of hydrogen-bond acceptors (Lipinski definition) is 7. The Morgan fingerprint density at radius 2 is 1.81 bits per heavy atom. The van der Waals surface area contributed by atoms with Gasteiger partial charge in [-0.2, -0.15) is 0 Å². The molecule has 1 saturated heterocycles. The lowest BCUT2D eigenvalue weighted by Gasteiger charge is -2.38. The minimum absolute atomic E-state index is 0.130. The van der Waals surface area contributed by atoms with Gasteiger partial charge in [0.1, 0.15) is 17.4 Å². The van der Waals surface area contributed by atoms with Crippen molar-refractivity contribution in [3.05, 3.63) is 89.6 Å². The highest BCUT2D eigenvalue weighted by molar-refractivity contribution is 7.90. The molecule has 0 atom stereocenters. The number of rotatable bonds is 10. The summed E-state index contributed by atoms with van der Waals surface area (Å²) in [6.45, 7) is 4.16. The van der Waals surface area contributed by atoms with Crippen molar-refractivity contribution in [2.24, 2.45) is 5.73 Å². The fraction of sp³-hybridized carbons (Fsp3) is 0.300. The fourth-order valence-electron chi connectivity index (χ4n) is 4.73. The van der Waals surface area contributed by atoms with Gasteiger partial charge in [-0.15, -0.1) is 0 Å². The third-order valence-electron chi connectivity index (χ3n) is 7.04. The summed E-state index contributed by atoms with van der Waals surface area (Å²) in [5.41, 5.74) is 5.30. The van der Waals surface area contributed by atoms with Crippen LogP contribution in [0.15, 0.2) is 71.8 Å². The van der Waals surface area contributed by atoms with E-state index >= 15 is 0 Å². The summed E-state index contributed by atoms with van der Waals surface area (Å²) in [6.07, 6.45) is 7.82. The molecule has 2 heterocycles. The molecule has 3 aromatic rings. The van der Waals surface area contributed by atoms with Gasteiger partial charge in [-0.05, 0) is 55.7 Å². The SMILES string of the molecule is C/C=C/CN(C(=O)Nc1cc(C(N)=O)c(F)cc1F)C1CCN(Cc2ccc(Oc3ccc(S(C)(=O)=O)cc3)nc2)CC1. The van der Waals surface area contributed by atoms with Crippen LogP contribution in [0.4, 0.5) is 19.3 Å². The van der Waals surface area contributed by atoms with Gasteiger partial charge in [0.05, 0.1) is 16.1 Å². The van der Waals surface area contributed by atoms with Crippen LogP contribution in [0.3, 0.4) is 0 Å². The highest BCUT2D eigenvalue weighted by Gasteiger charge is 2.28. The second kappa shape index (κ2) is 13.7. The maximum atomic E-state index is 14.4. The summed E-state index contributed by atoms with van der Waals surface area (Å²) in [5, 5.41) is 2.47. The highest BCUT2D eigenvalue weighted by atomic mass is 32.2. The molecule has 0 spiro atoms. The van der Waals surface area contributed by atoms with E-state index in [0.29, 0.717) is 56.7 Å². The molecule has 0 unspecified atom stereocenters. The van der Waals surface area contributed by atoms with Gasteiger partial charge in [0.15, 0.2) is 9.84 Å². The second-order valence-electron chi connectivity index (χ2n) is 10.2. The molecule has 43 heavy (non-hydrogen) atoms. The highest BCUT2D eigenvalue weighted by Crippen LogP contribution is 2.25. The molecule has 0 bridgehead atoms. The number of halogens is 2. The number of piperidine rings is 1. The number of urea groups is 1. The molecule has 228 valence electrons. The number of nitrogens with one attached hydrogen (secondary N) is 1. The van der Waals surface area contributed by atoms with E-state index in [1.165, 1.54) is 12.1 Å². The summed E-state index contributed by atoms with van der Waals surface area (Å²) in [6, 6.07) is 10.5. The Kier molecular flexibility index (Phi) is 10.1. The van der Waals surface area contributed by atoms with E-state index in [1.807, 2.05) is 25.1 Å². The molecule has 0 aliphatic carbocycles. The van der Waals surface area contributed by atoms with Crippen LogP contribution in [-0.4, -0.2) is 67.1 Å². The summed E-state index contributed by atoms with van der Waals surface area (Å²) < 4.78 is 57.2. The molecule has 2 aromatic carbocycles. The second-order valence-corrected chi connectivity index (χ2v) is 12.2. The Morgan fingerprint density at radius 1 is 1.12 bits per heavy atom. The largest absolute Gasteiger partial charge is 0.439 e. The van der Waals surface area contributed by atoms with Crippen LogP contribution < -0.4 is 15.8 Å². The quantitative estimate of drug-likeness (QED) is 0.316. The van der Waals surface area contributed by atoms with Crippen LogP contribution in [0.5, 0.6) is 11.6 Å². The Balaban J connectivity index is 1.33. The monoisotopic (exact) mass is 613 g/mol. The van der Waals surface area contributed by atoms with Gasteiger partial charge in [0.25, 0.3) is 5.91 Å². The summed E-state index contributed by atoms with van der Waals surface area (Å²) in [5.74, 6) is -2.33. The van der Waals surface area contributed by atoms with Gasteiger partial charge in [-0.1, -0.05) is 18.2 Å². The lowest BCUT2D eigenvalue weighted by Crippen LogP contribution is -2.48. The number of primary amides is 1. The van der Waals surface area contributed by atoms with E-state index in [4.69, 9.17) is 10.5 Å². The van der Waals surface area contributed by atoms with E-state index in [1.54, 1.807) is 29.3 Å². The van der Waals surface area contributed by atoms with Crippen molar-refractivity contribution in [1.29, 1.82) is 0 Å². The van der Waals surface area contributed by atoms with Crippen LogP contribution in [0.2, 0.25) is 0 Å². The van der Waals surface area contributed by atoms with Crippen molar-refractivity contribution < 1.29 is 31.5 Å². The van der Waals surface area contributed by atoms with Crippen LogP contribution in [-0.2, 0) is 16.4 Å². The first-order valence-corrected chi connectivity index (χ1v) is 15.5. The van der Waals surface area contributed by atoms with E-state index in [9.17, 15) is 26.8 Å². The number of hydrogen-bond donors (Lipinski definition) is 2. The Hall–Kier alpha value is -4.36. The number of sulfone groups is 1. The van der Waals surface area contributed by atoms with Gasteiger partial charge in [0.2, 0.25) is 5.88 Å². The molecule has 1 aliphatic heterocycles. The Morgan fingerprint density at radius 3 is 2.40 bits per heavy atom. The average Bonchev–Trinajstić information content (AvgIpc) is 2.96. The van der Waals surface area contributed by atoms with Crippen molar-refractivity contribution in [3.63, 3.8) is 0 Å². The van der Waals surface area contributed by atoms with Gasteiger partial charge >= 0.3 is 6.03 Å². The molecule has 0 saturated carbocycles. The molecular formula is C30H33F2N5O5S. The minimum atomic E-state index is -3.29. The summed E-state index contributed by atoms with van der Waals surface area (Å²) in [7, 11) is -3.29. The van der Waals surface area contributed by atoms with Crippen molar-refractivity contribution >= 4 is 27.5 Å². The van der Waals surface area contributed by atoms with Gasteiger partial charge in [-0.3, -0.25) is 9.69 Å². The van der Waals surface area contributed by atoms with Crippen molar-refractivity contribution in [3.8, 4) is 11.6 Å². The summed E-state index contributed by atoms with van der Waals surface area (Å²) in [4.78, 5) is 33.1. The Bertz CT molecular complexity index is 1590. The van der Waals surface area contributed by atoms with Gasteiger partial charge in [0, 0.05) is 56.8 Å². The third kappa shape index (κ3) is 8.36. The first kappa shape index (κ1) is 31.6. The number of carbonyl (C=O) groups is 2. The number of allylic oxidation sites excluding steroid dienone is 1. The van der Waals surface area contributed by atoms with Crippen LogP contribution in [0.1, 0.15) is 35.7 Å². The third-order valence-corrected chi connectivity index (χ3v) is 8.17. The van der Waals surface area contributed by atoms with Gasteiger partial charge < -0.3 is 20.7 Å². The zero-order valence-electron chi connectivity index (χ0n) is 23.8. The van der Waals surface area contributed by atoms with Crippen LogP contribution in [0.25, 0.3) is 0 Å². The lowest BCUT2D eigenvalue weighted by atomic mass is 10.0. The van der Waals surface area contributed by atoms with E-state index < -0.39 is 39.0 Å². The first-order valence-electron chi connectivity index (χ1n) is 13.6. The average molecular weight is 614 g/mol. The predicted molar refractivity (Wildman–Crippen MR) is 158 cm³/mol.